The van der Waals surface area contributed by atoms with Crippen LogP contribution < -0.4 is 0 Å². The number of likely N-dealkylation sites (N-methyl/N-ethyl adjacent to an activating group) is 1. The second-order valence-corrected chi connectivity index (χ2v) is 6.70. The summed E-state index contributed by atoms with van der Waals surface area (Å²) in [7, 11) is 1.81. The van der Waals surface area contributed by atoms with E-state index in [-0.39, 0.29) is 18.7 Å². The predicted octanol–water partition coefficient (Wildman–Crippen LogP) is 2.33. The van der Waals surface area contributed by atoms with E-state index in [0.29, 0.717) is 25.9 Å². The first-order valence-corrected chi connectivity index (χ1v) is 8.00. The molecule has 1 amide bonds. The smallest absolute Gasteiger partial charge is 0.256 e. The highest BCUT2D eigenvalue weighted by Gasteiger charge is 2.42. The van der Waals surface area contributed by atoms with Gasteiger partial charge in [0.15, 0.2) is 17.2 Å². The third-order valence-corrected chi connectivity index (χ3v) is 4.17. The molecule has 6 heteroatoms. The number of nitrogens with zero attached hydrogens (tertiary/aromatic N) is 2. The van der Waals surface area contributed by atoms with Gasteiger partial charge in [0.2, 0.25) is 0 Å². The first-order chi connectivity index (χ1) is 11.2. The minimum absolute atomic E-state index is 0.0467. The molecule has 4 nitrogen and oxygen atoms in total. The number of benzene rings is 1. The zero-order chi connectivity index (χ0) is 17.9. The Kier molecular flexibility index (Phi) is 5.72. The van der Waals surface area contributed by atoms with Crippen LogP contribution in [0.5, 0.6) is 0 Å². The van der Waals surface area contributed by atoms with Crippen molar-refractivity contribution in [3.05, 3.63) is 47.5 Å². The van der Waals surface area contributed by atoms with Gasteiger partial charge in [0.05, 0.1) is 0 Å². The Morgan fingerprint density at radius 2 is 2.17 bits per heavy atom. The van der Waals surface area contributed by atoms with Gasteiger partial charge in [-0.05, 0) is 32.9 Å². The van der Waals surface area contributed by atoms with Crippen molar-refractivity contribution in [1.82, 2.24) is 9.80 Å². The van der Waals surface area contributed by atoms with Crippen molar-refractivity contribution in [3.63, 3.8) is 0 Å². The van der Waals surface area contributed by atoms with Gasteiger partial charge in [-0.25, -0.2) is 8.78 Å². The fourth-order valence-electron chi connectivity index (χ4n) is 3.20. The second kappa shape index (κ2) is 7.40. The van der Waals surface area contributed by atoms with E-state index in [9.17, 15) is 18.7 Å². The number of hydrogen-bond donors (Lipinski definition) is 1. The maximum absolute atomic E-state index is 13.8. The molecule has 24 heavy (non-hydrogen) atoms. The van der Waals surface area contributed by atoms with Crippen molar-refractivity contribution >= 4 is 5.91 Å². The van der Waals surface area contributed by atoms with Gasteiger partial charge in [-0.15, -0.1) is 0 Å². The van der Waals surface area contributed by atoms with E-state index in [4.69, 9.17) is 0 Å². The summed E-state index contributed by atoms with van der Waals surface area (Å²) in [6.07, 6.45) is 0.967. The first-order valence-electron chi connectivity index (χ1n) is 8.00. The van der Waals surface area contributed by atoms with Gasteiger partial charge in [0.25, 0.3) is 5.91 Å². The molecule has 1 fully saturated rings. The van der Waals surface area contributed by atoms with Crippen LogP contribution in [0.15, 0.2) is 30.4 Å². The van der Waals surface area contributed by atoms with E-state index >= 15 is 0 Å². The van der Waals surface area contributed by atoms with Crippen molar-refractivity contribution in [2.45, 2.75) is 31.9 Å². The molecule has 0 aromatic heterocycles. The highest BCUT2D eigenvalue weighted by molar-refractivity contribution is 5.86. The molecule has 1 heterocycles. The molecule has 1 N–H and O–H groups in total. The lowest BCUT2D eigenvalue weighted by atomic mass is 9.90. The topological polar surface area (TPSA) is 43.8 Å². The Hall–Kier alpha value is -1.79. The molecule has 0 bridgehead atoms. The van der Waals surface area contributed by atoms with Gasteiger partial charge < -0.3 is 10.0 Å². The number of amides is 1. The molecule has 2 rings (SSSR count). The third kappa shape index (κ3) is 4.19. The number of carbonyl (C=O) groups excluding carboxylic acids is 1. The molecule has 1 aromatic carbocycles. The Labute approximate surface area is 141 Å². The molecule has 1 aliphatic heterocycles. The highest BCUT2D eigenvalue weighted by atomic mass is 19.2. The number of likely N-dealkylation sites (tertiary alicyclic amines) is 1. The lowest BCUT2D eigenvalue weighted by molar-refractivity contribution is -0.159. The molecule has 0 saturated carbocycles. The fourth-order valence-corrected chi connectivity index (χ4v) is 3.20. The maximum Gasteiger partial charge on any atom is 0.256 e. The van der Waals surface area contributed by atoms with E-state index in [1.807, 2.05) is 18.9 Å². The summed E-state index contributed by atoms with van der Waals surface area (Å²) in [6, 6.07) is 3.90. The van der Waals surface area contributed by atoms with Crippen LogP contribution in [0.25, 0.3) is 0 Å². The van der Waals surface area contributed by atoms with Crippen molar-refractivity contribution in [2.75, 3.05) is 26.7 Å². The summed E-state index contributed by atoms with van der Waals surface area (Å²) < 4.78 is 27.2. The SMILES string of the molecule is C=C(C)CN(C)CC1(O)CCCN(Cc2cccc(F)c2F)C1=O. The minimum Gasteiger partial charge on any atom is -0.379 e. The Morgan fingerprint density at radius 1 is 1.46 bits per heavy atom. The first kappa shape index (κ1) is 18.5. The van der Waals surface area contributed by atoms with Crippen LogP contribution in [0.1, 0.15) is 25.3 Å². The zero-order valence-corrected chi connectivity index (χ0v) is 14.2. The quantitative estimate of drug-likeness (QED) is 0.810. The van der Waals surface area contributed by atoms with Crippen LogP contribution in [0.3, 0.4) is 0 Å². The maximum atomic E-state index is 13.8. The summed E-state index contributed by atoms with van der Waals surface area (Å²) in [6.45, 7) is 6.83. The van der Waals surface area contributed by atoms with E-state index in [2.05, 4.69) is 6.58 Å². The van der Waals surface area contributed by atoms with E-state index in [0.717, 1.165) is 11.6 Å². The van der Waals surface area contributed by atoms with Crippen LogP contribution >= 0.6 is 0 Å². The predicted molar refractivity (Wildman–Crippen MR) is 88.3 cm³/mol. The minimum atomic E-state index is -1.51. The Morgan fingerprint density at radius 3 is 2.83 bits per heavy atom. The summed E-state index contributed by atoms with van der Waals surface area (Å²) >= 11 is 0. The number of carbonyl (C=O) groups is 1. The number of halogens is 2. The fraction of sp³-hybridized carbons (Fsp3) is 0.500. The summed E-state index contributed by atoms with van der Waals surface area (Å²) in [5.41, 5.74) is -0.461. The van der Waals surface area contributed by atoms with Crippen molar-refractivity contribution in [3.8, 4) is 0 Å². The number of piperidine rings is 1. The van der Waals surface area contributed by atoms with Gasteiger partial charge in [-0.2, -0.15) is 0 Å². The van der Waals surface area contributed by atoms with Crippen molar-refractivity contribution in [1.29, 1.82) is 0 Å². The number of aliphatic hydroxyl groups is 1. The van der Waals surface area contributed by atoms with E-state index in [1.54, 1.807) is 0 Å². The number of hydrogen-bond acceptors (Lipinski definition) is 3. The third-order valence-electron chi connectivity index (χ3n) is 4.17. The molecule has 1 unspecified atom stereocenters. The van der Waals surface area contributed by atoms with Crippen LogP contribution in [-0.2, 0) is 11.3 Å². The van der Waals surface area contributed by atoms with Crippen LogP contribution in [0.2, 0.25) is 0 Å². The van der Waals surface area contributed by atoms with Gasteiger partial charge in [0, 0.05) is 31.7 Å². The molecule has 1 aliphatic rings. The van der Waals surface area contributed by atoms with Crippen molar-refractivity contribution in [2.24, 2.45) is 0 Å². The Bertz CT molecular complexity index is 635. The molecule has 1 saturated heterocycles. The molecule has 0 spiro atoms. The van der Waals surface area contributed by atoms with E-state index in [1.165, 1.54) is 17.0 Å². The van der Waals surface area contributed by atoms with Crippen LogP contribution in [0, 0.1) is 11.6 Å². The zero-order valence-electron chi connectivity index (χ0n) is 14.2. The summed E-state index contributed by atoms with van der Waals surface area (Å²) in [5, 5.41) is 10.8. The molecule has 1 aromatic rings. The standard InChI is InChI=1S/C18H24F2N2O2/c1-13(2)10-21(3)12-18(24)8-5-9-22(17(18)23)11-14-6-4-7-15(19)16(14)20/h4,6-7,24H,1,5,8-12H2,2-3H3. The summed E-state index contributed by atoms with van der Waals surface area (Å²) in [4.78, 5) is 15.9. The molecular weight excluding hydrogens is 314 g/mol. The van der Waals surface area contributed by atoms with Gasteiger partial charge in [0.1, 0.15) is 0 Å². The lowest BCUT2D eigenvalue weighted by Crippen LogP contribution is -2.58. The second-order valence-electron chi connectivity index (χ2n) is 6.70. The largest absolute Gasteiger partial charge is 0.379 e. The average molecular weight is 338 g/mol. The van der Waals surface area contributed by atoms with Crippen molar-refractivity contribution < 1.29 is 18.7 Å². The molecule has 0 radical (unpaired) electrons. The monoisotopic (exact) mass is 338 g/mol. The molecule has 132 valence electrons. The van der Waals surface area contributed by atoms with Gasteiger partial charge in [-0.1, -0.05) is 24.3 Å². The molecular formula is C18H24F2N2O2. The average Bonchev–Trinajstić information content (AvgIpc) is 2.47. The number of rotatable bonds is 6. The van der Waals surface area contributed by atoms with E-state index < -0.39 is 23.1 Å². The molecule has 1 atom stereocenters. The highest BCUT2D eigenvalue weighted by Crippen LogP contribution is 2.26. The van der Waals surface area contributed by atoms with Gasteiger partial charge >= 0.3 is 0 Å². The normalized spacial score (nSPS) is 21.4. The molecule has 0 aliphatic carbocycles. The van der Waals surface area contributed by atoms with Crippen LogP contribution in [-0.4, -0.2) is 53.1 Å². The Balaban J connectivity index is 2.11. The lowest BCUT2D eigenvalue weighted by Gasteiger charge is -2.40. The van der Waals surface area contributed by atoms with Gasteiger partial charge in [-0.3, -0.25) is 9.69 Å². The van der Waals surface area contributed by atoms with Crippen LogP contribution in [0.4, 0.5) is 8.78 Å². The summed E-state index contributed by atoms with van der Waals surface area (Å²) in [5.74, 6) is -2.32.